The molecule has 0 aromatic rings. The highest BCUT2D eigenvalue weighted by Gasteiger charge is 2.24. The molecule has 2 unspecified atom stereocenters. The zero-order valence-corrected chi connectivity index (χ0v) is 10.6. The van der Waals surface area contributed by atoms with Gasteiger partial charge in [0.1, 0.15) is 0 Å². The van der Waals surface area contributed by atoms with E-state index in [0.717, 1.165) is 25.8 Å². The van der Waals surface area contributed by atoms with Gasteiger partial charge in [-0.15, -0.1) is 0 Å². The lowest BCUT2D eigenvalue weighted by atomic mass is 10.0. The van der Waals surface area contributed by atoms with Crippen LogP contribution in [0.2, 0.25) is 0 Å². The molecule has 0 saturated carbocycles. The lowest BCUT2D eigenvalue weighted by Crippen LogP contribution is -2.50. The van der Waals surface area contributed by atoms with E-state index in [1.165, 1.54) is 0 Å². The van der Waals surface area contributed by atoms with E-state index in [1.807, 2.05) is 0 Å². The van der Waals surface area contributed by atoms with Gasteiger partial charge in [-0.25, -0.2) is 0 Å². The Hall–Kier alpha value is -0.610. The van der Waals surface area contributed by atoms with Crippen molar-refractivity contribution in [1.29, 1.82) is 0 Å². The van der Waals surface area contributed by atoms with Gasteiger partial charge in [0.25, 0.3) is 0 Å². The molecule has 1 saturated heterocycles. The van der Waals surface area contributed by atoms with Crippen LogP contribution in [0.4, 0.5) is 0 Å². The van der Waals surface area contributed by atoms with Crippen LogP contribution >= 0.6 is 0 Å². The fourth-order valence-electron chi connectivity index (χ4n) is 1.97. The Balaban J connectivity index is 2.50. The summed E-state index contributed by atoms with van der Waals surface area (Å²) in [7, 11) is 1.70. The number of ether oxygens (including phenoxy) is 1. The standard InChI is InChI=1S/C12H24N2O2/c1-9(2)11(8-16-3)14-10-6-4-5-7-13-12(10)15/h9-11,14H,4-8H2,1-3H3,(H,13,15). The quantitative estimate of drug-likeness (QED) is 0.735. The number of hydrogen-bond donors (Lipinski definition) is 2. The smallest absolute Gasteiger partial charge is 0.237 e. The average Bonchev–Trinajstić information content (AvgIpc) is 2.43. The molecule has 16 heavy (non-hydrogen) atoms. The van der Waals surface area contributed by atoms with Gasteiger partial charge in [-0.3, -0.25) is 4.79 Å². The SMILES string of the molecule is COCC(NC1CCCCNC1=O)C(C)C. The van der Waals surface area contributed by atoms with Crippen LogP contribution in [0, 0.1) is 5.92 Å². The molecule has 1 aliphatic heterocycles. The molecule has 0 aliphatic carbocycles. The third kappa shape index (κ3) is 4.10. The Kier molecular flexibility index (Phi) is 5.77. The number of hydrogen-bond acceptors (Lipinski definition) is 3. The van der Waals surface area contributed by atoms with Gasteiger partial charge >= 0.3 is 0 Å². The summed E-state index contributed by atoms with van der Waals surface area (Å²) in [5, 5.41) is 6.35. The minimum absolute atomic E-state index is 0.0509. The van der Waals surface area contributed by atoms with Crippen molar-refractivity contribution in [3.8, 4) is 0 Å². The molecule has 4 heteroatoms. The molecule has 1 amide bonds. The van der Waals surface area contributed by atoms with Gasteiger partial charge in [-0.05, 0) is 25.2 Å². The largest absolute Gasteiger partial charge is 0.383 e. The molecule has 0 aromatic carbocycles. The second-order valence-corrected chi connectivity index (χ2v) is 4.81. The summed E-state index contributed by atoms with van der Waals surface area (Å²) in [6.07, 6.45) is 3.12. The van der Waals surface area contributed by atoms with Gasteiger partial charge in [0, 0.05) is 19.7 Å². The summed E-state index contributed by atoms with van der Waals surface area (Å²) in [5.41, 5.74) is 0. The van der Waals surface area contributed by atoms with Gasteiger partial charge in [0.2, 0.25) is 5.91 Å². The molecule has 0 spiro atoms. The predicted octanol–water partition coefficient (Wildman–Crippen LogP) is 0.916. The summed E-state index contributed by atoms with van der Waals surface area (Å²) in [5.74, 6) is 0.607. The number of carbonyl (C=O) groups is 1. The maximum Gasteiger partial charge on any atom is 0.237 e. The van der Waals surface area contributed by atoms with Crippen molar-refractivity contribution >= 4 is 5.91 Å². The number of nitrogens with one attached hydrogen (secondary N) is 2. The first kappa shape index (κ1) is 13.5. The Bertz CT molecular complexity index is 219. The maximum absolute atomic E-state index is 11.8. The van der Waals surface area contributed by atoms with Crippen LogP contribution in [0.5, 0.6) is 0 Å². The number of methoxy groups -OCH3 is 1. The average molecular weight is 228 g/mol. The molecule has 1 heterocycles. The Labute approximate surface area is 98.1 Å². The topological polar surface area (TPSA) is 50.4 Å². The van der Waals surface area contributed by atoms with Crippen molar-refractivity contribution in [2.24, 2.45) is 5.92 Å². The highest BCUT2D eigenvalue weighted by atomic mass is 16.5. The molecule has 2 N–H and O–H groups in total. The van der Waals surface area contributed by atoms with Crippen LogP contribution in [-0.4, -0.2) is 38.3 Å². The highest BCUT2D eigenvalue weighted by molar-refractivity contribution is 5.81. The fourth-order valence-corrected chi connectivity index (χ4v) is 1.97. The van der Waals surface area contributed by atoms with Crippen molar-refractivity contribution < 1.29 is 9.53 Å². The number of carbonyl (C=O) groups excluding carboxylic acids is 1. The Morgan fingerprint density at radius 2 is 2.25 bits per heavy atom. The first-order valence-corrected chi connectivity index (χ1v) is 6.18. The zero-order chi connectivity index (χ0) is 12.0. The minimum Gasteiger partial charge on any atom is -0.383 e. The fraction of sp³-hybridized carbons (Fsp3) is 0.917. The normalized spacial score (nSPS) is 24.0. The Morgan fingerprint density at radius 1 is 1.50 bits per heavy atom. The lowest BCUT2D eigenvalue weighted by molar-refractivity contribution is -0.123. The number of amides is 1. The van der Waals surface area contributed by atoms with E-state index in [0.29, 0.717) is 12.5 Å². The second-order valence-electron chi connectivity index (χ2n) is 4.81. The molecule has 1 rings (SSSR count). The van der Waals surface area contributed by atoms with E-state index in [1.54, 1.807) is 7.11 Å². The minimum atomic E-state index is -0.0509. The zero-order valence-electron chi connectivity index (χ0n) is 10.6. The van der Waals surface area contributed by atoms with E-state index in [-0.39, 0.29) is 18.0 Å². The molecule has 0 aromatic heterocycles. The van der Waals surface area contributed by atoms with Crippen molar-refractivity contribution in [3.63, 3.8) is 0 Å². The summed E-state index contributed by atoms with van der Waals surface area (Å²) >= 11 is 0. The van der Waals surface area contributed by atoms with Gasteiger partial charge in [-0.1, -0.05) is 13.8 Å². The second kappa shape index (κ2) is 6.86. The maximum atomic E-state index is 11.8. The van der Waals surface area contributed by atoms with Gasteiger partial charge < -0.3 is 15.4 Å². The third-order valence-corrected chi connectivity index (χ3v) is 3.10. The van der Waals surface area contributed by atoms with Crippen LogP contribution in [0.15, 0.2) is 0 Å². The molecular weight excluding hydrogens is 204 g/mol. The summed E-state index contributed by atoms with van der Waals surface area (Å²) in [4.78, 5) is 11.8. The van der Waals surface area contributed by atoms with Crippen molar-refractivity contribution in [3.05, 3.63) is 0 Å². The van der Waals surface area contributed by atoms with E-state index >= 15 is 0 Å². The third-order valence-electron chi connectivity index (χ3n) is 3.10. The molecule has 94 valence electrons. The van der Waals surface area contributed by atoms with Crippen molar-refractivity contribution in [2.75, 3.05) is 20.3 Å². The highest BCUT2D eigenvalue weighted by Crippen LogP contribution is 2.09. The van der Waals surface area contributed by atoms with Gasteiger partial charge in [0.05, 0.1) is 12.6 Å². The van der Waals surface area contributed by atoms with Gasteiger partial charge in [0.15, 0.2) is 0 Å². The molecule has 4 nitrogen and oxygen atoms in total. The van der Waals surface area contributed by atoms with Crippen LogP contribution < -0.4 is 10.6 Å². The van der Waals surface area contributed by atoms with E-state index in [9.17, 15) is 4.79 Å². The predicted molar refractivity (Wildman–Crippen MR) is 64.3 cm³/mol. The summed E-state index contributed by atoms with van der Waals surface area (Å²) in [6, 6.07) is 0.198. The Morgan fingerprint density at radius 3 is 2.88 bits per heavy atom. The van der Waals surface area contributed by atoms with Crippen LogP contribution in [-0.2, 0) is 9.53 Å². The molecule has 0 bridgehead atoms. The molecule has 0 radical (unpaired) electrons. The first-order chi connectivity index (χ1) is 7.65. The van der Waals surface area contributed by atoms with Crippen molar-refractivity contribution in [1.82, 2.24) is 10.6 Å². The molecule has 1 aliphatic rings. The molecule has 1 fully saturated rings. The van der Waals surface area contributed by atoms with Crippen molar-refractivity contribution in [2.45, 2.75) is 45.2 Å². The first-order valence-electron chi connectivity index (χ1n) is 6.18. The molecule has 2 atom stereocenters. The van der Waals surface area contributed by atoms with E-state index in [2.05, 4.69) is 24.5 Å². The van der Waals surface area contributed by atoms with E-state index in [4.69, 9.17) is 4.74 Å². The monoisotopic (exact) mass is 228 g/mol. The van der Waals surface area contributed by atoms with Crippen LogP contribution in [0.3, 0.4) is 0 Å². The summed E-state index contributed by atoms with van der Waals surface area (Å²) < 4.78 is 5.18. The molecular formula is C12H24N2O2. The summed E-state index contributed by atoms with van der Waals surface area (Å²) in [6.45, 7) is 5.76. The van der Waals surface area contributed by atoms with Gasteiger partial charge in [-0.2, -0.15) is 0 Å². The number of rotatable bonds is 5. The lowest BCUT2D eigenvalue weighted by Gasteiger charge is -2.26. The van der Waals surface area contributed by atoms with E-state index < -0.39 is 0 Å². The van der Waals surface area contributed by atoms with Crippen LogP contribution in [0.25, 0.3) is 0 Å². The van der Waals surface area contributed by atoms with Crippen LogP contribution in [0.1, 0.15) is 33.1 Å².